The smallest absolute Gasteiger partial charge is 0.475 e. The Morgan fingerprint density at radius 1 is 1.11 bits per heavy atom. The van der Waals surface area contributed by atoms with Crippen LogP contribution in [-0.4, -0.2) is 59.2 Å². The molecule has 38 heavy (non-hydrogen) atoms. The molecule has 7 nitrogen and oxygen atoms in total. The van der Waals surface area contributed by atoms with Crippen molar-refractivity contribution in [2.45, 2.75) is 31.6 Å². The molecule has 1 saturated heterocycles. The lowest BCUT2D eigenvalue weighted by atomic mass is 10.0. The lowest BCUT2D eigenvalue weighted by molar-refractivity contribution is -0.192. The van der Waals surface area contributed by atoms with E-state index in [0.29, 0.717) is 17.3 Å². The molecule has 1 unspecified atom stereocenters. The van der Waals surface area contributed by atoms with Gasteiger partial charge in [-0.05, 0) is 55.8 Å². The molecule has 1 aromatic heterocycles. The van der Waals surface area contributed by atoms with Crippen LogP contribution in [0.15, 0.2) is 72.9 Å². The fourth-order valence-corrected chi connectivity index (χ4v) is 4.00. The van der Waals surface area contributed by atoms with Crippen LogP contribution in [0.2, 0.25) is 0 Å². The molecule has 1 aliphatic rings. The van der Waals surface area contributed by atoms with Gasteiger partial charge in [-0.25, -0.2) is 14.2 Å². The number of nitrogens with zero attached hydrogens (tertiary/aromatic N) is 3. The van der Waals surface area contributed by atoms with E-state index in [4.69, 9.17) is 9.90 Å². The summed E-state index contributed by atoms with van der Waals surface area (Å²) in [5.74, 6) is -2.53. The molecule has 2 heterocycles. The maximum absolute atomic E-state index is 13.1. The summed E-state index contributed by atoms with van der Waals surface area (Å²) in [6.07, 6.45) is -1.12. The summed E-state index contributed by atoms with van der Waals surface area (Å²) in [7, 11) is 2.17. The number of hydrogen-bond donors (Lipinski definition) is 2. The van der Waals surface area contributed by atoms with Crippen LogP contribution in [0.1, 0.15) is 28.8 Å². The Labute approximate surface area is 217 Å². The molecule has 0 saturated carbocycles. The first-order valence-corrected chi connectivity index (χ1v) is 11.8. The van der Waals surface area contributed by atoms with E-state index < -0.39 is 12.1 Å². The predicted molar refractivity (Wildman–Crippen MR) is 135 cm³/mol. The first-order chi connectivity index (χ1) is 18.0. The lowest BCUT2D eigenvalue weighted by Crippen LogP contribution is -2.46. The Balaban J connectivity index is 0.000000505. The Morgan fingerprint density at radius 3 is 2.39 bits per heavy atom. The van der Waals surface area contributed by atoms with Gasteiger partial charge in [-0.1, -0.05) is 30.3 Å². The molecule has 4 rings (SSSR count). The van der Waals surface area contributed by atoms with E-state index in [1.807, 2.05) is 12.1 Å². The van der Waals surface area contributed by atoms with Crippen molar-refractivity contribution in [3.8, 4) is 0 Å². The number of carboxylic acid groups (broad SMARTS) is 1. The van der Waals surface area contributed by atoms with Crippen molar-refractivity contribution >= 4 is 23.4 Å². The van der Waals surface area contributed by atoms with Crippen molar-refractivity contribution in [1.29, 1.82) is 0 Å². The van der Waals surface area contributed by atoms with Crippen molar-refractivity contribution in [3.05, 3.63) is 89.9 Å². The van der Waals surface area contributed by atoms with Crippen LogP contribution in [0.3, 0.4) is 0 Å². The number of rotatable bonds is 6. The summed E-state index contributed by atoms with van der Waals surface area (Å²) in [5, 5.41) is 10.0. The fraction of sp³-hybridized carbons (Fsp3) is 0.296. The zero-order valence-electron chi connectivity index (χ0n) is 20.7. The van der Waals surface area contributed by atoms with Crippen molar-refractivity contribution in [3.63, 3.8) is 0 Å². The molecule has 1 aliphatic heterocycles. The zero-order valence-corrected chi connectivity index (χ0v) is 20.7. The highest BCUT2D eigenvalue weighted by atomic mass is 19.4. The summed E-state index contributed by atoms with van der Waals surface area (Å²) in [4.78, 5) is 30.6. The first-order valence-electron chi connectivity index (χ1n) is 11.8. The third kappa shape index (κ3) is 8.55. The van der Waals surface area contributed by atoms with Crippen LogP contribution in [0, 0.1) is 5.82 Å². The number of amides is 1. The second-order valence-electron chi connectivity index (χ2n) is 8.81. The number of carbonyl (C=O) groups excluding carboxylic acids is 1. The maximum atomic E-state index is 13.1. The lowest BCUT2D eigenvalue weighted by Gasteiger charge is -2.38. The minimum absolute atomic E-state index is 0.267. The number of halogens is 4. The van der Waals surface area contributed by atoms with E-state index in [-0.39, 0.29) is 11.7 Å². The average Bonchev–Trinajstić information content (AvgIpc) is 2.89. The summed E-state index contributed by atoms with van der Waals surface area (Å²) in [5.41, 5.74) is 2.41. The molecule has 0 spiro atoms. The molecule has 3 aromatic rings. The van der Waals surface area contributed by atoms with Gasteiger partial charge in [-0.2, -0.15) is 13.2 Å². The van der Waals surface area contributed by atoms with Crippen LogP contribution in [0.4, 0.5) is 29.1 Å². The van der Waals surface area contributed by atoms with Gasteiger partial charge in [0.25, 0.3) is 5.91 Å². The number of piperidine rings is 1. The summed E-state index contributed by atoms with van der Waals surface area (Å²) < 4.78 is 44.8. The monoisotopic (exact) mass is 532 g/mol. The van der Waals surface area contributed by atoms with Gasteiger partial charge in [0.05, 0.1) is 0 Å². The molecule has 0 radical (unpaired) electrons. The largest absolute Gasteiger partial charge is 0.490 e. The Bertz CT molecular complexity index is 1210. The fourth-order valence-electron chi connectivity index (χ4n) is 4.00. The normalized spacial score (nSPS) is 15.4. The van der Waals surface area contributed by atoms with Crippen LogP contribution < -0.4 is 10.2 Å². The topological polar surface area (TPSA) is 85.8 Å². The SMILES string of the molecule is CN(Cc1ccccc1)C1CCCN(c2cc(NC(=O)c3ccc(F)cc3)ccn2)C1.O=C(O)C(F)(F)F. The van der Waals surface area contributed by atoms with Crippen molar-refractivity contribution in [2.24, 2.45) is 0 Å². The summed E-state index contributed by atoms with van der Waals surface area (Å²) in [6, 6.07) is 20.1. The molecule has 2 N–H and O–H groups in total. The highest BCUT2D eigenvalue weighted by Crippen LogP contribution is 2.24. The van der Waals surface area contributed by atoms with Gasteiger partial charge in [0, 0.05) is 49.2 Å². The van der Waals surface area contributed by atoms with Crippen LogP contribution in [-0.2, 0) is 11.3 Å². The van der Waals surface area contributed by atoms with Crippen LogP contribution in [0.5, 0.6) is 0 Å². The number of likely N-dealkylation sites (N-methyl/N-ethyl adjacent to an activating group) is 1. The number of carbonyl (C=O) groups is 2. The number of pyridine rings is 1. The van der Waals surface area contributed by atoms with Gasteiger partial charge < -0.3 is 15.3 Å². The van der Waals surface area contributed by atoms with Crippen molar-refractivity contribution in [1.82, 2.24) is 9.88 Å². The minimum atomic E-state index is -5.08. The number of hydrogen-bond acceptors (Lipinski definition) is 5. The Hall–Kier alpha value is -3.99. The van der Waals surface area contributed by atoms with Crippen molar-refractivity contribution in [2.75, 3.05) is 30.4 Å². The second kappa shape index (κ2) is 13.0. The van der Waals surface area contributed by atoms with Crippen LogP contribution in [0.25, 0.3) is 0 Å². The van der Waals surface area contributed by atoms with E-state index in [9.17, 15) is 22.4 Å². The Kier molecular flexibility index (Phi) is 9.78. The molecule has 1 amide bonds. The highest BCUT2D eigenvalue weighted by Gasteiger charge is 2.38. The number of anilines is 2. The molecule has 1 fully saturated rings. The number of carboxylic acids is 1. The predicted octanol–water partition coefficient (Wildman–Crippen LogP) is 5.21. The van der Waals surface area contributed by atoms with Gasteiger partial charge >= 0.3 is 12.1 Å². The molecule has 0 bridgehead atoms. The minimum Gasteiger partial charge on any atom is -0.475 e. The average molecular weight is 533 g/mol. The molecule has 2 aromatic carbocycles. The van der Waals surface area contributed by atoms with E-state index in [1.54, 1.807) is 12.3 Å². The molecule has 0 aliphatic carbocycles. The maximum Gasteiger partial charge on any atom is 0.490 e. The quantitative estimate of drug-likeness (QED) is 0.424. The molecule has 1 atom stereocenters. The second-order valence-corrected chi connectivity index (χ2v) is 8.81. The zero-order chi connectivity index (χ0) is 27.7. The molecular weight excluding hydrogens is 504 g/mol. The Morgan fingerprint density at radius 2 is 1.76 bits per heavy atom. The van der Waals surface area contributed by atoms with Gasteiger partial charge in [-0.3, -0.25) is 9.69 Å². The summed E-state index contributed by atoms with van der Waals surface area (Å²) >= 11 is 0. The number of aliphatic carboxylic acids is 1. The highest BCUT2D eigenvalue weighted by molar-refractivity contribution is 6.04. The number of alkyl halides is 3. The third-order valence-corrected chi connectivity index (χ3v) is 5.97. The molecule has 202 valence electrons. The van der Waals surface area contributed by atoms with Crippen molar-refractivity contribution < 1.29 is 32.3 Å². The number of aromatic nitrogens is 1. The summed E-state index contributed by atoms with van der Waals surface area (Å²) in [6.45, 7) is 2.75. The van der Waals surface area contributed by atoms with E-state index in [2.05, 4.69) is 51.4 Å². The molecule has 11 heteroatoms. The van der Waals surface area contributed by atoms with Gasteiger partial charge in [0.1, 0.15) is 11.6 Å². The van der Waals surface area contributed by atoms with Gasteiger partial charge in [0.15, 0.2) is 0 Å². The van der Waals surface area contributed by atoms with Gasteiger partial charge in [-0.15, -0.1) is 0 Å². The van der Waals surface area contributed by atoms with E-state index in [1.165, 1.54) is 29.8 Å². The van der Waals surface area contributed by atoms with Gasteiger partial charge in [0.2, 0.25) is 0 Å². The number of benzene rings is 2. The van der Waals surface area contributed by atoms with E-state index >= 15 is 0 Å². The van der Waals surface area contributed by atoms with Crippen LogP contribution >= 0.6 is 0 Å². The molecular formula is C27H28F4N4O3. The van der Waals surface area contributed by atoms with E-state index in [0.717, 1.165) is 38.3 Å². The number of nitrogens with one attached hydrogen (secondary N) is 1. The third-order valence-electron chi connectivity index (χ3n) is 5.97. The standard InChI is InChI=1S/C25H27FN4O.C2HF3O2/c1-29(17-19-6-3-2-4-7-19)23-8-5-15-30(18-23)24-16-22(13-14-27-24)28-25(31)20-9-11-21(26)12-10-20;3-2(4,5)1(6)7/h2-4,6-7,9-14,16,23H,5,8,15,17-18H2,1H3,(H,27,28,31);(H,6,7). The first kappa shape index (κ1) is 28.6.